The largest absolute Gasteiger partial charge is 0.356 e. The van der Waals surface area contributed by atoms with Gasteiger partial charge in [0.2, 0.25) is 5.91 Å². The summed E-state index contributed by atoms with van der Waals surface area (Å²) >= 11 is 1.83. The number of aliphatic imine (C=N–C) groups is 1. The number of guanidine groups is 1. The van der Waals surface area contributed by atoms with E-state index in [-0.39, 0.29) is 42.0 Å². The molecule has 160 valence electrons. The molecule has 1 aromatic rings. The second kappa shape index (κ2) is 11.3. The fourth-order valence-electron chi connectivity index (χ4n) is 3.74. The molecule has 1 aliphatic heterocycles. The summed E-state index contributed by atoms with van der Waals surface area (Å²) in [5.74, 6) is 1.29. The molecule has 8 heteroatoms. The first kappa shape index (κ1) is 25.2. The van der Waals surface area contributed by atoms with Gasteiger partial charge in [-0.2, -0.15) is 0 Å². The molecule has 0 saturated carbocycles. The summed E-state index contributed by atoms with van der Waals surface area (Å²) in [4.78, 5) is 22.3. The summed E-state index contributed by atoms with van der Waals surface area (Å²) in [6.07, 6.45) is 2.41. The molecule has 0 spiro atoms. The molecule has 1 aliphatic rings. The number of likely N-dealkylation sites (tertiary alicyclic amines) is 1. The first-order valence-electron chi connectivity index (χ1n) is 9.67. The van der Waals surface area contributed by atoms with E-state index in [1.54, 1.807) is 7.05 Å². The van der Waals surface area contributed by atoms with Gasteiger partial charge in [-0.1, -0.05) is 6.07 Å². The Labute approximate surface area is 191 Å². The third-order valence-corrected chi connectivity index (χ3v) is 5.78. The van der Waals surface area contributed by atoms with Gasteiger partial charge in [0.1, 0.15) is 0 Å². The van der Waals surface area contributed by atoms with Crippen LogP contribution in [-0.4, -0.2) is 68.0 Å². The molecular weight excluding hydrogens is 485 g/mol. The van der Waals surface area contributed by atoms with Gasteiger partial charge in [0, 0.05) is 37.1 Å². The lowest BCUT2D eigenvalue weighted by atomic mass is 9.88. The molecule has 2 rings (SSSR count). The van der Waals surface area contributed by atoms with Crippen molar-refractivity contribution in [2.45, 2.75) is 45.2 Å². The highest BCUT2D eigenvalue weighted by Gasteiger charge is 2.31. The van der Waals surface area contributed by atoms with Crippen molar-refractivity contribution in [3.05, 3.63) is 22.4 Å². The maximum Gasteiger partial charge on any atom is 0.240 e. The number of carbonyl (C=O) groups excluding carboxylic acids is 1. The number of hydrogen-bond acceptors (Lipinski definition) is 4. The van der Waals surface area contributed by atoms with Crippen LogP contribution in [0.15, 0.2) is 22.5 Å². The minimum atomic E-state index is -0.227. The predicted molar refractivity (Wildman–Crippen MR) is 130 cm³/mol. The zero-order chi connectivity index (χ0) is 20.0. The zero-order valence-corrected chi connectivity index (χ0v) is 21.1. The molecule has 1 aromatic heterocycles. The monoisotopic (exact) mass is 521 g/mol. The van der Waals surface area contributed by atoms with Crippen LogP contribution in [0.3, 0.4) is 0 Å². The molecular formula is C20H36IN5OS. The van der Waals surface area contributed by atoms with Crippen LogP contribution in [-0.2, 0) is 4.79 Å². The van der Waals surface area contributed by atoms with E-state index in [1.165, 1.54) is 17.7 Å². The summed E-state index contributed by atoms with van der Waals surface area (Å²) < 4.78 is 0. The minimum absolute atomic E-state index is 0. The third kappa shape index (κ3) is 7.51. The summed E-state index contributed by atoms with van der Waals surface area (Å²) in [6, 6.07) is 4.81. The fraction of sp³-hybridized carbons (Fsp3) is 0.700. The van der Waals surface area contributed by atoms with E-state index in [2.05, 4.69) is 45.1 Å². The first-order chi connectivity index (χ1) is 12.7. The lowest BCUT2D eigenvalue weighted by Gasteiger charge is -2.39. The number of amides is 1. The lowest BCUT2D eigenvalue weighted by Crippen LogP contribution is -2.50. The number of likely N-dealkylation sites (N-methyl/N-ethyl adjacent to an activating group) is 1. The van der Waals surface area contributed by atoms with E-state index in [0.29, 0.717) is 12.0 Å². The average Bonchev–Trinajstić information content (AvgIpc) is 3.07. The Kier molecular flexibility index (Phi) is 10.2. The third-order valence-electron chi connectivity index (χ3n) is 4.83. The first-order valence-corrected chi connectivity index (χ1v) is 10.6. The Morgan fingerprint density at radius 1 is 1.43 bits per heavy atom. The van der Waals surface area contributed by atoms with E-state index in [1.807, 2.05) is 44.1 Å². The van der Waals surface area contributed by atoms with E-state index < -0.39 is 0 Å². The van der Waals surface area contributed by atoms with Crippen LogP contribution in [0.5, 0.6) is 0 Å². The van der Waals surface area contributed by atoms with Crippen LogP contribution in [0.2, 0.25) is 0 Å². The Hall–Kier alpha value is -0.870. The Morgan fingerprint density at radius 3 is 2.71 bits per heavy atom. The van der Waals surface area contributed by atoms with Crippen molar-refractivity contribution >= 4 is 47.2 Å². The molecule has 0 aliphatic carbocycles. The predicted octanol–water partition coefficient (Wildman–Crippen LogP) is 3.17. The molecule has 2 unspecified atom stereocenters. The molecule has 1 amide bonds. The molecule has 2 heterocycles. The number of halogens is 1. The normalized spacial score (nSPS) is 21.0. The summed E-state index contributed by atoms with van der Waals surface area (Å²) in [5, 5.41) is 8.65. The van der Waals surface area contributed by atoms with Crippen molar-refractivity contribution in [3.8, 4) is 0 Å². The highest BCUT2D eigenvalue weighted by atomic mass is 127. The SMILES string of the molecule is CN=C(NCC1CCCN(C)C1c1cccs1)N(C)CC(=O)NC(C)(C)C.I. The maximum absolute atomic E-state index is 12.2. The Morgan fingerprint density at radius 2 is 2.14 bits per heavy atom. The zero-order valence-electron chi connectivity index (χ0n) is 18.0. The van der Waals surface area contributed by atoms with Gasteiger partial charge < -0.3 is 15.5 Å². The van der Waals surface area contributed by atoms with Gasteiger partial charge in [0.25, 0.3) is 0 Å². The van der Waals surface area contributed by atoms with Crippen LogP contribution in [0.25, 0.3) is 0 Å². The molecule has 28 heavy (non-hydrogen) atoms. The Bertz CT molecular complexity index is 629. The van der Waals surface area contributed by atoms with Crippen molar-refractivity contribution in [1.82, 2.24) is 20.4 Å². The number of carbonyl (C=O) groups is 1. The standard InChI is InChI=1S/C20H35N5OS.HI/c1-20(2,3)23-17(26)14-25(6)19(21-4)22-13-15-9-7-11-24(5)18(15)16-10-8-12-27-16;/h8,10,12,15,18H,7,9,11,13-14H2,1-6H3,(H,21,22)(H,23,26);1H. The van der Waals surface area contributed by atoms with Gasteiger partial charge in [-0.15, -0.1) is 35.3 Å². The van der Waals surface area contributed by atoms with Crippen LogP contribution in [0, 0.1) is 5.92 Å². The average molecular weight is 522 g/mol. The van der Waals surface area contributed by atoms with Gasteiger partial charge in [-0.3, -0.25) is 14.7 Å². The van der Waals surface area contributed by atoms with E-state index in [9.17, 15) is 4.79 Å². The van der Waals surface area contributed by atoms with Crippen LogP contribution >= 0.6 is 35.3 Å². The maximum atomic E-state index is 12.2. The van der Waals surface area contributed by atoms with Gasteiger partial charge in [-0.25, -0.2) is 0 Å². The van der Waals surface area contributed by atoms with Crippen LogP contribution in [0.1, 0.15) is 44.5 Å². The fourth-order valence-corrected chi connectivity index (χ4v) is 4.72. The van der Waals surface area contributed by atoms with Gasteiger partial charge in [0.15, 0.2) is 5.96 Å². The molecule has 0 radical (unpaired) electrons. The van der Waals surface area contributed by atoms with Crippen molar-refractivity contribution in [2.24, 2.45) is 10.9 Å². The number of piperidine rings is 1. The molecule has 2 N–H and O–H groups in total. The topological polar surface area (TPSA) is 60.0 Å². The summed E-state index contributed by atoms with van der Waals surface area (Å²) in [7, 11) is 5.89. The van der Waals surface area contributed by atoms with E-state index in [0.717, 1.165) is 19.0 Å². The highest BCUT2D eigenvalue weighted by Crippen LogP contribution is 2.36. The smallest absolute Gasteiger partial charge is 0.240 e. The van der Waals surface area contributed by atoms with Crippen molar-refractivity contribution in [1.29, 1.82) is 0 Å². The van der Waals surface area contributed by atoms with E-state index >= 15 is 0 Å². The molecule has 2 atom stereocenters. The molecule has 0 aromatic carbocycles. The van der Waals surface area contributed by atoms with Gasteiger partial charge in [-0.05, 0) is 64.6 Å². The second-order valence-electron chi connectivity index (χ2n) is 8.43. The Balaban J connectivity index is 0.00000392. The molecule has 1 fully saturated rings. The highest BCUT2D eigenvalue weighted by molar-refractivity contribution is 14.0. The number of rotatable bonds is 5. The molecule has 1 saturated heterocycles. The number of nitrogens with one attached hydrogen (secondary N) is 2. The number of hydrogen-bond donors (Lipinski definition) is 2. The number of nitrogens with zero attached hydrogens (tertiary/aromatic N) is 3. The molecule has 6 nitrogen and oxygen atoms in total. The number of thiophene rings is 1. The summed E-state index contributed by atoms with van der Waals surface area (Å²) in [6.45, 7) is 8.24. The van der Waals surface area contributed by atoms with Crippen molar-refractivity contribution in [2.75, 3.05) is 40.8 Å². The van der Waals surface area contributed by atoms with Gasteiger partial charge >= 0.3 is 0 Å². The van der Waals surface area contributed by atoms with Crippen LogP contribution in [0.4, 0.5) is 0 Å². The lowest BCUT2D eigenvalue weighted by molar-refractivity contribution is -0.122. The minimum Gasteiger partial charge on any atom is -0.356 e. The van der Waals surface area contributed by atoms with Crippen molar-refractivity contribution in [3.63, 3.8) is 0 Å². The molecule has 0 bridgehead atoms. The van der Waals surface area contributed by atoms with Crippen molar-refractivity contribution < 1.29 is 4.79 Å². The van der Waals surface area contributed by atoms with Crippen LogP contribution < -0.4 is 10.6 Å². The van der Waals surface area contributed by atoms with E-state index in [4.69, 9.17) is 0 Å². The summed E-state index contributed by atoms with van der Waals surface area (Å²) in [5.41, 5.74) is -0.227. The second-order valence-corrected chi connectivity index (χ2v) is 9.40. The van der Waals surface area contributed by atoms with Gasteiger partial charge in [0.05, 0.1) is 6.54 Å². The quantitative estimate of drug-likeness (QED) is 0.355.